The molecule has 0 atom stereocenters. The first-order chi connectivity index (χ1) is 17.2. The SMILES string of the molecule is O=c1cc(Sc2ccccc2)c2nc(-c3cc(Cl)c4ncccc4c3)c(-c3ccccc3)nc2[nH]1. The molecule has 6 aromatic rings. The summed E-state index contributed by atoms with van der Waals surface area (Å²) in [6.07, 6.45) is 1.72. The monoisotopic (exact) mass is 492 g/mol. The van der Waals surface area contributed by atoms with E-state index in [0.717, 1.165) is 31.8 Å². The van der Waals surface area contributed by atoms with Gasteiger partial charge in [0.25, 0.3) is 5.56 Å². The molecule has 0 saturated carbocycles. The summed E-state index contributed by atoms with van der Waals surface area (Å²) in [6, 6.07) is 29.0. The number of rotatable bonds is 4. The Morgan fingerprint density at radius 1 is 0.743 bits per heavy atom. The van der Waals surface area contributed by atoms with Crippen molar-refractivity contribution in [1.29, 1.82) is 0 Å². The summed E-state index contributed by atoms with van der Waals surface area (Å²) in [5.41, 5.74) is 4.62. The van der Waals surface area contributed by atoms with E-state index in [1.165, 1.54) is 11.8 Å². The Hall–Kier alpha value is -4.00. The summed E-state index contributed by atoms with van der Waals surface area (Å²) in [5, 5.41) is 1.45. The molecule has 0 aliphatic carbocycles. The van der Waals surface area contributed by atoms with E-state index in [1.54, 1.807) is 12.3 Å². The number of pyridine rings is 2. The van der Waals surface area contributed by atoms with Gasteiger partial charge < -0.3 is 4.98 Å². The summed E-state index contributed by atoms with van der Waals surface area (Å²) in [5.74, 6) is 0. The first kappa shape index (κ1) is 21.5. The smallest absolute Gasteiger partial charge is 0.250 e. The Morgan fingerprint density at radius 2 is 1.49 bits per heavy atom. The minimum Gasteiger partial charge on any atom is -0.305 e. The van der Waals surface area contributed by atoms with Crippen molar-refractivity contribution in [2.24, 2.45) is 0 Å². The highest BCUT2D eigenvalue weighted by Crippen LogP contribution is 2.37. The highest BCUT2D eigenvalue weighted by molar-refractivity contribution is 7.99. The van der Waals surface area contributed by atoms with E-state index in [0.29, 0.717) is 27.6 Å². The molecule has 0 fully saturated rings. The van der Waals surface area contributed by atoms with Gasteiger partial charge in [-0.25, -0.2) is 9.97 Å². The summed E-state index contributed by atoms with van der Waals surface area (Å²) in [6.45, 7) is 0. The van der Waals surface area contributed by atoms with Crippen molar-refractivity contribution < 1.29 is 0 Å². The van der Waals surface area contributed by atoms with Crippen molar-refractivity contribution in [3.63, 3.8) is 0 Å². The lowest BCUT2D eigenvalue weighted by Crippen LogP contribution is -2.08. The van der Waals surface area contributed by atoms with Gasteiger partial charge in [0.1, 0.15) is 5.52 Å². The van der Waals surface area contributed by atoms with Gasteiger partial charge in [0.05, 0.1) is 21.9 Å². The molecular weight excluding hydrogens is 476 g/mol. The van der Waals surface area contributed by atoms with Crippen molar-refractivity contribution in [3.05, 3.63) is 113 Å². The average molecular weight is 493 g/mol. The number of fused-ring (bicyclic) bond motifs is 2. The fourth-order valence-corrected chi connectivity index (χ4v) is 5.24. The Bertz CT molecular complexity index is 1750. The van der Waals surface area contributed by atoms with Crippen molar-refractivity contribution in [2.45, 2.75) is 9.79 Å². The van der Waals surface area contributed by atoms with E-state index < -0.39 is 0 Å². The van der Waals surface area contributed by atoms with Crippen LogP contribution in [0.15, 0.2) is 112 Å². The van der Waals surface area contributed by atoms with Crippen LogP contribution in [0.5, 0.6) is 0 Å². The molecule has 5 nitrogen and oxygen atoms in total. The molecule has 6 rings (SSSR count). The van der Waals surface area contributed by atoms with Crippen molar-refractivity contribution in [1.82, 2.24) is 19.9 Å². The minimum absolute atomic E-state index is 0.225. The third-order valence-electron chi connectivity index (χ3n) is 5.58. The summed E-state index contributed by atoms with van der Waals surface area (Å²) < 4.78 is 0. The summed E-state index contributed by atoms with van der Waals surface area (Å²) in [4.78, 5) is 31.5. The third-order valence-corrected chi connectivity index (χ3v) is 6.91. The maximum absolute atomic E-state index is 12.5. The molecule has 0 aliphatic heterocycles. The molecule has 0 aliphatic rings. The van der Waals surface area contributed by atoms with Crippen LogP contribution in [0.4, 0.5) is 0 Å². The van der Waals surface area contributed by atoms with Crippen LogP contribution in [0, 0.1) is 0 Å². The van der Waals surface area contributed by atoms with E-state index >= 15 is 0 Å². The van der Waals surface area contributed by atoms with Gasteiger partial charge in [-0.05, 0) is 30.3 Å². The fraction of sp³-hybridized carbons (Fsp3) is 0. The number of nitrogens with one attached hydrogen (secondary N) is 1. The van der Waals surface area contributed by atoms with Crippen LogP contribution < -0.4 is 5.56 Å². The lowest BCUT2D eigenvalue weighted by molar-refractivity contribution is 1.16. The molecule has 168 valence electrons. The van der Waals surface area contributed by atoms with Gasteiger partial charge in [-0.2, -0.15) is 0 Å². The van der Waals surface area contributed by atoms with Crippen LogP contribution in [0.1, 0.15) is 0 Å². The standard InChI is InChI=1S/C28H17ClN4OS/c29-21-15-19(14-18-10-7-13-30-24(18)21)26-25(17-8-3-1-4-9-17)33-28-27(32-26)22(16-23(34)31-28)35-20-11-5-2-6-12-20/h1-16H,(H,31,33,34). The van der Waals surface area contributed by atoms with E-state index in [1.807, 2.05) is 84.9 Å². The maximum Gasteiger partial charge on any atom is 0.250 e. The van der Waals surface area contributed by atoms with Crippen LogP contribution in [0.2, 0.25) is 5.02 Å². The van der Waals surface area contributed by atoms with Gasteiger partial charge in [-0.3, -0.25) is 9.78 Å². The number of aromatic nitrogens is 4. The molecule has 1 N–H and O–H groups in total. The summed E-state index contributed by atoms with van der Waals surface area (Å²) in [7, 11) is 0. The van der Waals surface area contributed by atoms with Gasteiger partial charge in [-0.1, -0.05) is 78.0 Å². The normalized spacial score (nSPS) is 11.2. The predicted octanol–water partition coefficient (Wildman–Crippen LogP) is 7.00. The molecule has 0 spiro atoms. The average Bonchev–Trinajstić information content (AvgIpc) is 2.89. The molecular formula is C28H17ClN4OS. The van der Waals surface area contributed by atoms with Crippen molar-refractivity contribution in [3.8, 4) is 22.5 Å². The molecule has 0 saturated heterocycles. The molecule has 0 unspecified atom stereocenters. The Labute approximate surface area is 209 Å². The molecule has 0 amide bonds. The topological polar surface area (TPSA) is 71.5 Å². The van der Waals surface area contributed by atoms with Crippen molar-refractivity contribution in [2.75, 3.05) is 0 Å². The second-order valence-corrected chi connectivity index (χ2v) is 9.45. The zero-order chi connectivity index (χ0) is 23.8. The zero-order valence-corrected chi connectivity index (χ0v) is 19.8. The van der Waals surface area contributed by atoms with Gasteiger partial charge in [0, 0.05) is 38.6 Å². The molecule has 0 bridgehead atoms. The van der Waals surface area contributed by atoms with Gasteiger partial charge in [0.2, 0.25) is 0 Å². The molecule has 35 heavy (non-hydrogen) atoms. The summed E-state index contributed by atoms with van der Waals surface area (Å²) >= 11 is 8.11. The quantitative estimate of drug-likeness (QED) is 0.286. The lowest BCUT2D eigenvalue weighted by Gasteiger charge is -2.13. The zero-order valence-electron chi connectivity index (χ0n) is 18.3. The Kier molecular flexibility index (Phi) is 5.52. The van der Waals surface area contributed by atoms with Crippen LogP contribution in [0.3, 0.4) is 0 Å². The number of aromatic amines is 1. The third kappa shape index (κ3) is 4.18. The second kappa shape index (κ2) is 8.98. The van der Waals surface area contributed by atoms with Gasteiger partial charge >= 0.3 is 0 Å². The van der Waals surface area contributed by atoms with Crippen LogP contribution >= 0.6 is 23.4 Å². The second-order valence-electron chi connectivity index (χ2n) is 7.93. The number of H-pyrrole nitrogens is 1. The molecule has 3 heterocycles. The van der Waals surface area contributed by atoms with Crippen molar-refractivity contribution >= 4 is 45.4 Å². The van der Waals surface area contributed by atoms with E-state index in [9.17, 15) is 4.79 Å². The number of halogens is 1. The minimum atomic E-state index is -0.225. The molecule has 7 heteroatoms. The number of benzene rings is 3. The highest BCUT2D eigenvalue weighted by atomic mass is 35.5. The fourth-order valence-electron chi connectivity index (χ4n) is 4.01. The van der Waals surface area contributed by atoms with Gasteiger partial charge in [-0.15, -0.1) is 0 Å². The molecule has 3 aromatic heterocycles. The Balaban J connectivity index is 1.64. The molecule has 3 aromatic carbocycles. The lowest BCUT2D eigenvalue weighted by atomic mass is 10.0. The predicted molar refractivity (Wildman–Crippen MR) is 142 cm³/mol. The first-order valence-corrected chi connectivity index (χ1v) is 12.1. The van der Waals surface area contributed by atoms with Gasteiger partial charge in [0.15, 0.2) is 5.65 Å². The van der Waals surface area contributed by atoms with E-state index in [4.69, 9.17) is 21.6 Å². The maximum atomic E-state index is 12.5. The Morgan fingerprint density at radius 3 is 2.29 bits per heavy atom. The van der Waals surface area contributed by atoms with E-state index in [-0.39, 0.29) is 5.56 Å². The van der Waals surface area contributed by atoms with Crippen LogP contribution in [-0.4, -0.2) is 19.9 Å². The number of hydrogen-bond donors (Lipinski definition) is 1. The van der Waals surface area contributed by atoms with Crippen LogP contribution in [-0.2, 0) is 0 Å². The largest absolute Gasteiger partial charge is 0.305 e. The number of nitrogens with zero attached hydrogens (tertiary/aromatic N) is 3. The highest BCUT2D eigenvalue weighted by Gasteiger charge is 2.18. The molecule has 0 radical (unpaired) electrons. The number of hydrogen-bond acceptors (Lipinski definition) is 5. The first-order valence-electron chi connectivity index (χ1n) is 10.9. The van der Waals surface area contributed by atoms with Crippen LogP contribution in [0.25, 0.3) is 44.6 Å². The van der Waals surface area contributed by atoms with E-state index in [2.05, 4.69) is 9.97 Å².